The SMILES string of the molecule is CC(=O)N1CCN(C(=O)C2CC(=O)N(Cc3ccccc3Cl)C2)CC1. The largest absolute Gasteiger partial charge is 0.339 e. The molecule has 3 amide bonds. The Balaban J connectivity index is 1.58. The number of hydrogen-bond acceptors (Lipinski definition) is 3. The number of nitrogens with zero attached hydrogens (tertiary/aromatic N) is 3. The van der Waals surface area contributed by atoms with E-state index in [0.717, 1.165) is 5.56 Å². The summed E-state index contributed by atoms with van der Waals surface area (Å²) in [6.07, 6.45) is 0.246. The maximum absolute atomic E-state index is 12.7. The molecule has 25 heavy (non-hydrogen) atoms. The monoisotopic (exact) mass is 363 g/mol. The smallest absolute Gasteiger partial charge is 0.228 e. The van der Waals surface area contributed by atoms with E-state index in [4.69, 9.17) is 11.6 Å². The highest BCUT2D eigenvalue weighted by atomic mass is 35.5. The molecule has 0 radical (unpaired) electrons. The van der Waals surface area contributed by atoms with Crippen LogP contribution in [-0.2, 0) is 20.9 Å². The molecule has 1 aromatic rings. The summed E-state index contributed by atoms with van der Waals surface area (Å²) in [5.74, 6) is -0.272. The molecule has 2 saturated heterocycles. The van der Waals surface area contributed by atoms with Crippen LogP contribution in [0.15, 0.2) is 24.3 Å². The van der Waals surface area contributed by atoms with E-state index < -0.39 is 0 Å². The molecule has 0 saturated carbocycles. The van der Waals surface area contributed by atoms with Gasteiger partial charge in [-0.25, -0.2) is 0 Å². The van der Waals surface area contributed by atoms with Gasteiger partial charge in [0.05, 0.1) is 5.92 Å². The molecule has 1 unspecified atom stereocenters. The first-order valence-electron chi connectivity index (χ1n) is 8.51. The van der Waals surface area contributed by atoms with Gasteiger partial charge in [-0.1, -0.05) is 29.8 Å². The van der Waals surface area contributed by atoms with E-state index in [1.165, 1.54) is 0 Å². The highest BCUT2D eigenvalue weighted by molar-refractivity contribution is 6.31. The Bertz CT molecular complexity index is 686. The first-order valence-corrected chi connectivity index (χ1v) is 8.89. The Labute approximate surface area is 152 Å². The van der Waals surface area contributed by atoms with Crippen molar-refractivity contribution in [1.29, 1.82) is 0 Å². The molecule has 3 rings (SSSR count). The van der Waals surface area contributed by atoms with Gasteiger partial charge in [-0.15, -0.1) is 0 Å². The lowest BCUT2D eigenvalue weighted by Gasteiger charge is -2.35. The second-order valence-corrected chi connectivity index (χ2v) is 7.01. The minimum absolute atomic E-state index is 0.0122. The van der Waals surface area contributed by atoms with Crippen LogP contribution < -0.4 is 0 Å². The summed E-state index contributed by atoms with van der Waals surface area (Å²) >= 11 is 6.16. The van der Waals surface area contributed by atoms with E-state index in [9.17, 15) is 14.4 Å². The summed E-state index contributed by atoms with van der Waals surface area (Å²) in [6.45, 7) is 4.59. The second-order valence-electron chi connectivity index (χ2n) is 6.60. The van der Waals surface area contributed by atoms with Crippen LogP contribution in [0.1, 0.15) is 18.9 Å². The number of likely N-dealkylation sites (tertiary alicyclic amines) is 1. The van der Waals surface area contributed by atoms with Gasteiger partial charge >= 0.3 is 0 Å². The number of carbonyl (C=O) groups is 3. The lowest BCUT2D eigenvalue weighted by Crippen LogP contribution is -2.51. The van der Waals surface area contributed by atoms with E-state index in [1.807, 2.05) is 18.2 Å². The number of carbonyl (C=O) groups excluding carboxylic acids is 3. The molecule has 6 nitrogen and oxygen atoms in total. The number of hydrogen-bond donors (Lipinski definition) is 0. The average Bonchev–Trinajstić information content (AvgIpc) is 2.97. The lowest BCUT2D eigenvalue weighted by molar-refractivity contribution is -0.141. The highest BCUT2D eigenvalue weighted by Crippen LogP contribution is 2.25. The van der Waals surface area contributed by atoms with Crippen molar-refractivity contribution in [3.63, 3.8) is 0 Å². The van der Waals surface area contributed by atoms with Gasteiger partial charge < -0.3 is 14.7 Å². The molecule has 2 heterocycles. The van der Waals surface area contributed by atoms with Crippen LogP contribution in [-0.4, -0.2) is 65.1 Å². The Morgan fingerprint density at radius 3 is 2.40 bits per heavy atom. The van der Waals surface area contributed by atoms with Crippen LogP contribution in [0.2, 0.25) is 5.02 Å². The van der Waals surface area contributed by atoms with E-state index in [-0.39, 0.29) is 30.1 Å². The van der Waals surface area contributed by atoms with Crippen molar-refractivity contribution < 1.29 is 14.4 Å². The quantitative estimate of drug-likeness (QED) is 0.815. The molecule has 2 aliphatic rings. The molecule has 1 aromatic carbocycles. The van der Waals surface area contributed by atoms with Crippen molar-refractivity contribution in [2.24, 2.45) is 5.92 Å². The first kappa shape index (κ1) is 17.7. The van der Waals surface area contributed by atoms with Crippen molar-refractivity contribution in [1.82, 2.24) is 14.7 Å². The minimum atomic E-state index is -0.307. The zero-order valence-electron chi connectivity index (χ0n) is 14.3. The summed E-state index contributed by atoms with van der Waals surface area (Å²) in [7, 11) is 0. The Morgan fingerprint density at radius 1 is 1.12 bits per heavy atom. The summed E-state index contributed by atoms with van der Waals surface area (Å²) < 4.78 is 0. The van der Waals surface area contributed by atoms with Gasteiger partial charge in [0.2, 0.25) is 17.7 Å². The Morgan fingerprint density at radius 2 is 1.76 bits per heavy atom. The fourth-order valence-corrected chi connectivity index (χ4v) is 3.62. The number of piperazine rings is 1. The third kappa shape index (κ3) is 3.95. The van der Waals surface area contributed by atoms with Crippen molar-refractivity contribution in [2.45, 2.75) is 19.9 Å². The molecule has 1 atom stereocenters. The molecule has 7 heteroatoms. The normalized spacial score (nSPS) is 21.0. The van der Waals surface area contributed by atoms with Crippen LogP contribution in [0.5, 0.6) is 0 Å². The first-order chi connectivity index (χ1) is 12.0. The van der Waals surface area contributed by atoms with Crippen molar-refractivity contribution in [2.75, 3.05) is 32.7 Å². The van der Waals surface area contributed by atoms with Crippen LogP contribution >= 0.6 is 11.6 Å². The molecule has 0 aliphatic carbocycles. The van der Waals surface area contributed by atoms with Gasteiger partial charge in [0.1, 0.15) is 0 Å². The number of amides is 3. The van der Waals surface area contributed by atoms with E-state index in [0.29, 0.717) is 44.3 Å². The molecule has 0 bridgehead atoms. The fourth-order valence-electron chi connectivity index (χ4n) is 3.42. The molecule has 2 aliphatic heterocycles. The Hall–Kier alpha value is -2.08. The third-order valence-electron chi connectivity index (χ3n) is 4.92. The van der Waals surface area contributed by atoms with Crippen molar-refractivity contribution in [3.8, 4) is 0 Å². The predicted molar refractivity (Wildman–Crippen MR) is 93.8 cm³/mol. The summed E-state index contributed by atoms with van der Waals surface area (Å²) in [4.78, 5) is 41.6. The molecule has 0 aromatic heterocycles. The van der Waals surface area contributed by atoms with Gasteiger partial charge in [-0.05, 0) is 11.6 Å². The predicted octanol–water partition coefficient (Wildman–Crippen LogP) is 1.38. The molecule has 2 fully saturated rings. The highest BCUT2D eigenvalue weighted by Gasteiger charge is 2.37. The standard InChI is InChI=1S/C18H22ClN3O3/c1-13(23)20-6-8-21(9-7-20)18(25)15-10-17(24)22(12-15)11-14-4-2-3-5-16(14)19/h2-5,15H,6-12H2,1H3. The van der Waals surface area contributed by atoms with Crippen LogP contribution in [0.25, 0.3) is 0 Å². The molecular formula is C18H22ClN3O3. The molecular weight excluding hydrogens is 342 g/mol. The maximum Gasteiger partial charge on any atom is 0.228 e. The van der Waals surface area contributed by atoms with Gasteiger partial charge in [0.15, 0.2) is 0 Å². The summed E-state index contributed by atoms with van der Waals surface area (Å²) in [6, 6.07) is 7.43. The maximum atomic E-state index is 12.7. The minimum Gasteiger partial charge on any atom is -0.339 e. The van der Waals surface area contributed by atoms with Crippen molar-refractivity contribution >= 4 is 29.3 Å². The molecule has 134 valence electrons. The second kappa shape index (κ2) is 7.44. The van der Waals surface area contributed by atoms with Gasteiger partial charge in [0, 0.05) is 57.6 Å². The number of benzene rings is 1. The zero-order valence-corrected chi connectivity index (χ0v) is 15.0. The topological polar surface area (TPSA) is 60.9 Å². The van der Waals surface area contributed by atoms with E-state index in [2.05, 4.69) is 0 Å². The van der Waals surface area contributed by atoms with Crippen LogP contribution in [0, 0.1) is 5.92 Å². The van der Waals surface area contributed by atoms with E-state index >= 15 is 0 Å². The Kier molecular flexibility index (Phi) is 5.27. The van der Waals surface area contributed by atoms with Crippen LogP contribution in [0.4, 0.5) is 0 Å². The van der Waals surface area contributed by atoms with Gasteiger partial charge in [0.25, 0.3) is 0 Å². The molecule has 0 spiro atoms. The summed E-state index contributed by atoms with van der Waals surface area (Å²) in [5, 5.41) is 0.630. The van der Waals surface area contributed by atoms with Crippen molar-refractivity contribution in [3.05, 3.63) is 34.9 Å². The zero-order chi connectivity index (χ0) is 18.0. The lowest BCUT2D eigenvalue weighted by atomic mass is 10.1. The average molecular weight is 364 g/mol. The fraction of sp³-hybridized carbons (Fsp3) is 0.500. The van der Waals surface area contributed by atoms with Gasteiger partial charge in [-0.3, -0.25) is 14.4 Å². The molecule has 0 N–H and O–H groups in total. The number of halogens is 1. The van der Waals surface area contributed by atoms with Gasteiger partial charge in [-0.2, -0.15) is 0 Å². The van der Waals surface area contributed by atoms with E-state index in [1.54, 1.807) is 27.7 Å². The third-order valence-corrected chi connectivity index (χ3v) is 5.29. The summed E-state index contributed by atoms with van der Waals surface area (Å²) in [5.41, 5.74) is 0.890. The number of rotatable bonds is 3. The van der Waals surface area contributed by atoms with Crippen LogP contribution in [0.3, 0.4) is 0 Å².